The Labute approximate surface area is 415 Å². The largest absolute Gasteiger partial charge is 0.309 e. The molecule has 2 nitrogen and oxygen atoms in total. The van der Waals surface area contributed by atoms with E-state index in [9.17, 15) is 15.1 Å². The lowest BCUT2D eigenvalue weighted by Crippen LogP contribution is -2.16. The van der Waals surface area contributed by atoms with Crippen molar-refractivity contribution < 1.29 is 45.2 Å². The van der Waals surface area contributed by atoms with Gasteiger partial charge in [0.25, 0.3) is 0 Å². The Bertz CT molecular complexity index is 5260. The van der Waals surface area contributed by atoms with Crippen LogP contribution in [0.3, 0.4) is 0 Å². The van der Waals surface area contributed by atoms with Crippen molar-refractivity contribution in [2.45, 2.75) is 19.1 Å². The van der Waals surface area contributed by atoms with E-state index < -0.39 is 249 Å². The number of aromatic nitrogens is 1. The zero-order valence-electron chi connectivity index (χ0n) is 65.2. The third-order valence-corrected chi connectivity index (χ3v) is 11.0. The molecule has 0 saturated carbocycles. The van der Waals surface area contributed by atoms with Crippen molar-refractivity contribution in [1.29, 1.82) is 0 Å². The average molecular weight is 838 g/mol. The second-order valence-corrected chi connectivity index (χ2v) is 14.4. The summed E-state index contributed by atoms with van der Waals surface area (Å²) in [4.78, 5) is 1.11. The zero-order chi connectivity index (χ0) is 70.6. The molecule has 0 saturated heterocycles. The van der Waals surface area contributed by atoms with Gasteiger partial charge in [-0.3, -0.25) is 0 Å². The molecule has 0 N–H and O–H groups in total. The second-order valence-electron chi connectivity index (χ2n) is 14.4. The quantitative estimate of drug-likeness (QED) is 0.155. The van der Waals surface area contributed by atoms with Gasteiger partial charge in [0.05, 0.1) is 59.4 Å². The summed E-state index contributed by atoms with van der Waals surface area (Å²) in [6.07, 6.45) is 0. The molecule has 2 heteroatoms. The normalized spacial score (nSPS) is 20.5. The Balaban J connectivity index is 1.27. The van der Waals surface area contributed by atoms with Gasteiger partial charge < -0.3 is 9.47 Å². The summed E-state index contributed by atoms with van der Waals surface area (Å²) in [5.41, 5.74) is -10.4. The van der Waals surface area contributed by atoms with Crippen LogP contribution in [0.2, 0.25) is 0 Å². The number of para-hydroxylation sites is 2. The van der Waals surface area contributed by atoms with Gasteiger partial charge in [0.15, 0.2) is 0 Å². The first-order valence-electron chi connectivity index (χ1n) is 35.7. The molecule has 0 bridgehead atoms. The number of benzene rings is 10. The van der Waals surface area contributed by atoms with Gasteiger partial charge in [-0.25, -0.2) is 0 Å². The van der Waals surface area contributed by atoms with Gasteiger partial charge in [-0.15, -0.1) is 0 Å². The first-order valence-corrected chi connectivity index (χ1v) is 19.2. The van der Waals surface area contributed by atoms with E-state index in [4.69, 9.17) is 30.2 Å². The molecule has 298 valence electrons. The van der Waals surface area contributed by atoms with Gasteiger partial charge in [-0.05, 0) is 97.7 Å². The van der Waals surface area contributed by atoms with Gasteiger partial charge >= 0.3 is 0 Å². The summed E-state index contributed by atoms with van der Waals surface area (Å²) in [5.74, 6) is 0. The van der Waals surface area contributed by atoms with E-state index in [1.54, 1.807) is 0 Å². The van der Waals surface area contributed by atoms with Crippen molar-refractivity contribution in [1.82, 2.24) is 4.57 Å². The maximum absolute atomic E-state index is 10.3. The van der Waals surface area contributed by atoms with E-state index in [0.29, 0.717) is 0 Å². The van der Waals surface area contributed by atoms with E-state index in [2.05, 4.69) is 0 Å². The Morgan fingerprint density at radius 3 is 1.92 bits per heavy atom. The minimum atomic E-state index is -3.71. The smallest absolute Gasteiger partial charge is 0.0645 e. The third-order valence-electron chi connectivity index (χ3n) is 11.0. The molecule has 0 atom stereocenters. The highest BCUT2D eigenvalue weighted by Crippen LogP contribution is 2.55. The molecule has 1 aromatic heterocycles. The number of rotatable bonds is 7. The van der Waals surface area contributed by atoms with E-state index in [-0.39, 0.29) is 44.2 Å². The molecule has 1 heterocycles. The summed E-state index contributed by atoms with van der Waals surface area (Å²) in [6.45, 7) is -7.42. The van der Waals surface area contributed by atoms with Crippen LogP contribution in [0.4, 0.5) is 17.1 Å². The van der Waals surface area contributed by atoms with Crippen LogP contribution < -0.4 is 4.90 Å². The molecular formula is C61H44N2. The Kier molecular flexibility index (Phi) is 3.80. The lowest BCUT2D eigenvalue weighted by atomic mass is 9.82. The van der Waals surface area contributed by atoms with Gasteiger partial charge in [0.1, 0.15) is 0 Å². The molecule has 1 aliphatic rings. The molecule has 0 amide bonds. The van der Waals surface area contributed by atoms with Crippen molar-refractivity contribution in [2.24, 2.45) is 0 Å². The third kappa shape index (κ3) is 5.94. The summed E-state index contributed by atoms with van der Waals surface area (Å²) in [6, 6.07) is -8.53. The highest BCUT2D eigenvalue weighted by molar-refractivity contribution is 6.12. The molecular weight excluding hydrogens is 761 g/mol. The van der Waals surface area contributed by atoms with Crippen LogP contribution in [0.15, 0.2) is 230 Å². The number of fused-ring (bicyclic) bond motifs is 7. The maximum Gasteiger partial charge on any atom is 0.0645 e. The fourth-order valence-corrected chi connectivity index (χ4v) is 8.21. The summed E-state index contributed by atoms with van der Waals surface area (Å²) in [5, 5.41) is -1.12. The van der Waals surface area contributed by atoms with Crippen molar-refractivity contribution in [2.75, 3.05) is 4.90 Å². The van der Waals surface area contributed by atoms with Crippen LogP contribution in [0.5, 0.6) is 0 Å². The maximum atomic E-state index is 10.3. The standard InChI is InChI=1S/C61H44N2/c1-61(2)53-24-13-11-23-52(53)60-54(61)25-15-27-56(60)63(48-37-38-51-50-22-12-14-26-55(50)62(58(51)40-48)47-19-7-4-8-20-47)57-39-36-45-18-9-10-21-49(45)59(57)46-34-32-44(33-35-46)43-30-28-42(29-31-43)41-16-5-3-6-17-41/h3-40H,1-2H3/i1D3,2D3,3D,4D,5D,6D,7D,8D,9D,10D,11D,12D,13D,14D,16D,17D,18D,19D,20D,21D,22D,23D,24D,28D,29D,30D,31D,36D,39D. The molecule has 11 aromatic rings. The number of hydrogen-bond acceptors (Lipinski definition) is 1. The SMILES string of the molecule is [2H]c1cc2c(c([2H])c1[2H])c1ccc(N(c3cccc4c3-c3c([2H])c([2H])c([2H])c([2H])c3C4(C([2H])([2H])[2H])C([2H])([2H])[2H])c3c([2H])c([2H])c4c([2H])c([2H])c([2H])c([2H])c4c3-c3ccc(-c4c([2H])c([2H])c(-c5c([2H])c([2H])c([2H])c([2H])c5[2H])c([2H])c4[2H])cc3)cc1n2-c1c([2H])c([2H])c([2H])c([2H])c1[2H]. The molecule has 0 fully saturated rings. The molecule has 0 aliphatic heterocycles. The lowest BCUT2D eigenvalue weighted by Gasteiger charge is -2.31. The van der Waals surface area contributed by atoms with Crippen LogP contribution in [0.25, 0.3) is 82.8 Å². The van der Waals surface area contributed by atoms with Crippen LogP contribution in [-0.4, -0.2) is 4.57 Å². The molecule has 1 aliphatic carbocycles. The van der Waals surface area contributed by atoms with Crippen LogP contribution in [0, 0.1) is 0 Å². The highest BCUT2D eigenvalue weighted by Gasteiger charge is 2.38. The van der Waals surface area contributed by atoms with Crippen molar-refractivity contribution in [3.05, 3.63) is 241 Å². The summed E-state index contributed by atoms with van der Waals surface area (Å²) < 4.78 is 299. The van der Waals surface area contributed by atoms with Crippen LogP contribution in [-0.2, 0) is 5.41 Å². The van der Waals surface area contributed by atoms with Gasteiger partial charge in [0.2, 0.25) is 0 Å². The first-order chi connectivity index (χ1) is 44.7. The molecule has 0 unspecified atom stereocenters. The summed E-state index contributed by atoms with van der Waals surface area (Å²) >= 11 is 0. The number of nitrogens with zero attached hydrogens (tertiary/aromatic N) is 2. The molecule has 0 radical (unpaired) electrons. The monoisotopic (exact) mass is 838 g/mol. The molecule has 12 rings (SSSR count). The zero-order valence-corrected chi connectivity index (χ0v) is 32.2. The Hall–Kier alpha value is -7.94. The van der Waals surface area contributed by atoms with Crippen molar-refractivity contribution in [3.8, 4) is 50.2 Å². The highest BCUT2D eigenvalue weighted by atomic mass is 15.2. The van der Waals surface area contributed by atoms with Crippen LogP contribution in [0.1, 0.15) is 70.1 Å². The molecule has 0 spiro atoms. The molecule has 10 aromatic carbocycles. The molecule has 63 heavy (non-hydrogen) atoms. The lowest BCUT2D eigenvalue weighted by molar-refractivity contribution is 0.660. The average Bonchev–Trinajstić information content (AvgIpc) is 1.48. The minimum absolute atomic E-state index is 0.0202. The van der Waals surface area contributed by atoms with Gasteiger partial charge in [-0.1, -0.05) is 201 Å². The predicted octanol–water partition coefficient (Wildman–Crippen LogP) is 16.7. The fraction of sp³-hybridized carbons (Fsp3) is 0.0492. The number of hydrogen-bond donors (Lipinski definition) is 0. The minimum Gasteiger partial charge on any atom is -0.309 e. The van der Waals surface area contributed by atoms with E-state index in [1.165, 1.54) is 54.6 Å². The van der Waals surface area contributed by atoms with Crippen molar-refractivity contribution in [3.63, 3.8) is 0 Å². The number of anilines is 3. The van der Waals surface area contributed by atoms with E-state index in [1.807, 2.05) is 0 Å². The Morgan fingerprint density at radius 2 is 1.11 bits per heavy atom. The predicted molar refractivity (Wildman–Crippen MR) is 267 cm³/mol. The van der Waals surface area contributed by atoms with Gasteiger partial charge in [0, 0.05) is 46.9 Å². The summed E-state index contributed by atoms with van der Waals surface area (Å²) in [7, 11) is 0. The van der Waals surface area contributed by atoms with Crippen molar-refractivity contribution >= 4 is 49.6 Å². The van der Waals surface area contributed by atoms with Gasteiger partial charge in [-0.2, -0.15) is 0 Å². The first kappa shape index (κ1) is 16.4. The Morgan fingerprint density at radius 1 is 0.444 bits per heavy atom. The van der Waals surface area contributed by atoms with E-state index >= 15 is 0 Å². The fourth-order valence-electron chi connectivity index (χ4n) is 8.21. The second kappa shape index (κ2) is 14.6. The van der Waals surface area contributed by atoms with Crippen LogP contribution >= 0.6 is 0 Å². The van der Waals surface area contributed by atoms with E-state index in [0.717, 1.165) is 21.6 Å². The topological polar surface area (TPSA) is 8.17 Å².